The molecule has 0 aliphatic carbocycles. The van der Waals surface area contributed by atoms with Gasteiger partial charge in [0.1, 0.15) is 5.82 Å². The second kappa shape index (κ2) is 8.75. The van der Waals surface area contributed by atoms with Gasteiger partial charge in [-0.3, -0.25) is 4.79 Å². The molecule has 2 aromatic rings. The summed E-state index contributed by atoms with van der Waals surface area (Å²) in [5.41, 5.74) is 0.909. The fourth-order valence-corrected chi connectivity index (χ4v) is 3.44. The first-order valence-electron chi connectivity index (χ1n) is 9.27. The molecule has 0 bridgehead atoms. The van der Waals surface area contributed by atoms with E-state index in [-0.39, 0.29) is 5.91 Å². The lowest BCUT2D eigenvalue weighted by Crippen LogP contribution is -2.38. The van der Waals surface area contributed by atoms with Crippen LogP contribution in [0.4, 0.5) is 0 Å². The van der Waals surface area contributed by atoms with Gasteiger partial charge in [0.2, 0.25) is 5.91 Å². The van der Waals surface area contributed by atoms with Gasteiger partial charge < -0.3 is 18.9 Å². The summed E-state index contributed by atoms with van der Waals surface area (Å²) in [7, 11) is 3.21. The highest BCUT2D eigenvalue weighted by atomic mass is 16.5. The van der Waals surface area contributed by atoms with Gasteiger partial charge in [0.15, 0.2) is 11.5 Å². The molecule has 0 radical (unpaired) electrons. The van der Waals surface area contributed by atoms with Crippen molar-refractivity contribution in [2.45, 2.75) is 26.3 Å². The highest BCUT2D eigenvalue weighted by Crippen LogP contribution is 2.28. The molecule has 1 saturated heterocycles. The molecule has 3 rings (SSSR count). The maximum atomic E-state index is 12.5. The number of hydrogen-bond donors (Lipinski definition) is 0. The number of amides is 1. The molecule has 1 amide bonds. The number of nitrogens with zero attached hydrogens (tertiary/aromatic N) is 3. The minimum absolute atomic E-state index is 0.0575. The Kier molecular flexibility index (Phi) is 6.16. The van der Waals surface area contributed by atoms with E-state index in [1.54, 1.807) is 20.3 Å². The Bertz CT molecular complexity index is 805. The first-order valence-corrected chi connectivity index (χ1v) is 9.27. The molecule has 1 aliphatic heterocycles. The maximum absolute atomic E-state index is 12.5. The lowest BCUT2D eigenvalue weighted by Gasteiger charge is -2.31. The molecule has 1 aliphatic rings. The summed E-state index contributed by atoms with van der Waals surface area (Å²) in [6.07, 6.45) is 9.37. The normalized spacial score (nSPS) is 15.3. The Morgan fingerprint density at radius 1 is 1.22 bits per heavy atom. The lowest BCUT2D eigenvalue weighted by atomic mass is 9.96. The zero-order valence-corrected chi connectivity index (χ0v) is 16.2. The maximum Gasteiger partial charge on any atom is 0.246 e. The van der Waals surface area contributed by atoms with E-state index >= 15 is 0 Å². The van der Waals surface area contributed by atoms with Crippen molar-refractivity contribution in [3.05, 3.63) is 48.1 Å². The molecule has 2 heterocycles. The van der Waals surface area contributed by atoms with Crippen LogP contribution >= 0.6 is 0 Å². The Balaban J connectivity index is 1.53. The molecule has 6 heteroatoms. The van der Waals surface area contributed by atoms with Gasteiger partial charge >= 0.3 is 0 Å². The standard InChI is InChI=1S/C21H27N3O3/c1-16-22-10-13-24(16)15-18-8-11-23(12-9-18)21(25)7-5-17-4-6-19(26-2)20(14-17)27-3/h4-7,10,13-14,18H,8-9,11-12,15H2,1-3H3/b7-5+. The van der Waals surface area contributed by atoms with E-state index in [4.69, 9.17) is 9.47 Å². The third-order valence-electron chi connectivity index (χ3n) is 5.13. The van der Waals surface area contributed by atoms with Crippen LogP contribution in [-0.4, -0.2) is 47.7 Å². The number of imidazole rings is 1. The Morgan fingerprint density at radius 2 is 1.96 bits per heavy atom. The monoisotopic (exact) mass is 369 g/mol. The Labute approximate surface area is 160 Å². The average Bonchev–Trinajstić information content (AvgIpc) is 3.10. The summed E-state index contributed by atoms with van der Waals surface area (Å²) in [6.45, 7) is 4.61. The molecule has 1 aromatic heterocycles. The van der Waals surface area contributed by atoms with E-state index < -0.39 is 0 Å². The van der Waals surface area contributed by atoms with Crippen LogP contribution in [0.5, 0.6) is 11.5 Å². The third kappa shape index (κ3) is 4.70. The lowest BCUT2D eigenvalue weighted by molar-refractivity contribution is -0.127. The molecule has 0 N–H and O–H groups in total. The number of rotatable bonds is 6. The fourth-order valence-electron chi connectivity index (χ4n) is 3.44. The van der Waals surface area contributed by atoms with Gasteiger partial charge in [0.25, 0.3) is 0 Å². The molecule has 0 spiro atoms. The summed E-state index contributed by atoms with van der Waals surface area (Å²) in [4.78, 5) is 18.7. The largest absolute Gasteiger partial charge is 0.493 e. The summed E-state index contributed by atoms with van der Waals surface area (Å²) in [5, 5.41) is 0. The number of aromatic nitrogens is 2. The summed E-state index contributed by atoms with van der Waals surface area (Å²) >= 11 is 0. The molecule has 27 heavy (non-hydrogen) atoms. The summed E-state index contributed by atoms with van der Waals surface area (Å²) in [6, 6.07) is 5.61. The van der Waals surface area contributed by atoms with Crippen molar-refractivity contribution < 1.29 is 14.3 Å². The van der Waals surface area contributed by atoms with Gasteiger partial charge in [-0.05, 0) is 49.5 Å². The molecule has 6 nitrogen and oxygen atoms in total. The van der Waals surface area contributed by atoms with Crippen LogP contribution in [0.1, 0.15) is 24.2 Å². The van der Waals surface area contributed by atoms with Crippen molar-refractivity contribution in [1.29, 1.82) is 0 Å². The number of piperidine rings is 1. The predicted molar refractivity (Wildman–Crippen MR) is 105 cm³/mol. The molecule has 1 aromatic carbocycles. The van der Waals surface area contributed by atoms with Gasteiger partial charge in [-0.1, -0.05) is 6.07 Å². The molecule has 0 saturated carbocycles. The van der Waals surface area contributed by atoms with Crippen LogP contribution < -0.4 is 9.47 Å². The van der Waals surface area contributed by atoms with Crippen LogP contribution in [0.15, 0.2) is 36.7 Å². The zero-order chi connectivity index (χ0) is 19.2. The molecular formula is C21H27N3O3. The van der Waals surface area contributed by atoms with Gasteiger partial charge in [0, 0.05) is 38.1 Å². The highest BCUT2D eigenvalue weighted by molar-refractivity contribution is 5.91. The number of ether oxygens (including phenoxy) is 2. The number of benzene rings is 1. The second-order valence-corrected chi connectivity index (χ2v) is 6.84. The third-order valence-corrected chi connectivity index (χ3v) is 5.13. The SMILES string of the molecule is COc1ccc(/C=C/C(=O)N2CCC(Cn3ccnc3C)CC2)cc1OC. The second-order valence-electron chi connectivity index (χ2n) is 6.84. The smallest absolute Gasteiger partial charge is 0.246 e. The minimum Gasteiger partial charge on any atom is -0.493 e. The van der Waals surface area contributed by atoms with E-state index in [1.807, 2.05) is 48.5 Å². The van der Waals surface area contributed by atoms with Crippen LogP contribution in [0.2, 0.25) is 0 Å². The van der Waals surface area contributed by atoms with Gasteiger partial charge in [-0.25, -0.2) is 4.98 Å². The van der Waals surface area contributed by atoms with E-state index in [1.165, 1.54) is 0 Å². The number of hydrogen-bond acceptors (Lipinski definition) is 4. The van der Waals surface area contributed by atoms with E-state index in [2.05, 4.69) is 9.55 Å². The molecule has 0 atom stereocenters. The summed E-state index contributed by atoms with van der Waals surface area (Å²) in [5.74, 6) is 3.03. The fraction of sp³-hybridized carbons (Fsp3) is 0.429. The zero-order valence-electron chi connectivity index (χ0n) is 16.2. The molecule has 144 valence electrons. The Morgan fingerprint density at radius 3 is 2.59 bits per heavy atom. The van der Waals surface area contributed by atoms with Gasteiger partial charge in [-0.2, -0.15) is 0 Å². The van der Waals surface area contributed by atoms with Crippen LogP contribution in [0, 0.1) is 12.8 Å². The topological polar surface area (TPSA) is 56.6 Å². The highest BCUT2D eigenvalue weighted by Gasteiger charge is 2.22. The van der Waals surface area contributed by atoms with E-state index in [0.29, 0.717) is 17.4 Å². The van der Waals surface area contributed by atoms with Crippen molar-refractivity contribution >= 4 is 12.0 Å². The van der Waals surface area contributed by atoms with E-state index in [9.17, 15) is 4.79 Å². The number of carbonyl (C=O) groups excluding carboxylic acids is 1. The number of carbonyl (C=O) groups is 1. The quantitative estimate of drug-likeness (QED) is 0.734. The first kappa shape index (κ1) is 19.0. The number of likely N-dealkylation sites (tertiary alicyclic amines) is 1. The van der Waals surface area contributed by atoms with Crippen molar-refractivity contribution in [2.75, 3.05) is 27.3 Å². The van der Waals surface area contributed by atoms with Crippen molar-refractivity contribution in [1.82, 2.24) is 14.5 Å². The summed E-state index contributed by atoms with van der Waals surface area (Å²) < 4.78 is 12.7. The molecule has 1 fully saturated rings. The Hall–Kier alpha value is -2.76. The molecular weight excluding hydrogens is 342 g/mol. The first-order chi connectivity index (χ1) is 13.1. The predicted octanol–water partition coefficient (Wildman–Crippen LogP) is 3.16. The van der Waals surface area contributed by atoms with Gasteiger partial charge in [-0.15, -0.1) is 0 Å². The number of methoxy groups -OCH3 is 2. The van der Waals surface area contributed by atoms with Crippen LogP contribution in [0.25, 0.3) is 6.08 Å². The molecule has 0 unspecified atom stereocenters. The van der Waals surface area contributed by atoms with Crippen molar-refractivity contribution in [3.8, 4) is 11.5 Å². The van der Waals surface area contributed by atoms with Crippen LogP contribution in [-0.2, 0) is 11.3 Å². The minimum atomic E-state index is 0.0575. The number of aryl methyl sites for hydroxylation is 1. The van der Waals surface area contributed by atoms with Gasteiger partial charge in [0.05, 0.1) is 14.2 Å². The average molecular weight is 369 g/mol. The van der Waals surface area contributed by atoms with Crippen LogP contribution in [0.3, 0.4) is 0 Å². The van der Waals surface area contributed by atoms with Crippen molar-refractivity contribution in [2.24, 2.45) is 5.92 Å². The van der Waals surface area contributed by atoms with E-state index in [0.717, 1.165) is 43.9 Å². The van der Waals surface area contributed by atoms with Crippen molar-refractivity contribution in [3.63, 3.8) is 0 Å².